The number of fused-ring (bicyclic) bond motifs is 5. The molecule has 0 aliphatic heterocycles. The topological polar surface area (TPSA) is 55.8 Å². The van der Waals surface area contributed by atoms with Gasteiger partial charge in [0.05, 0.1) is 27.2 Å². The van der Waals surface area contributed by atoms with Crippen LogP contribution >= 0.6 is 7.82 Å². The molecule has 0 bridgehead atoms. The Balaban J connectivity index is 1.38. The van der Waals surface area contributed by atoms with E-state index in [1.165, 1.54) is 56.9 Å². The van der Waals surface area contributed by atoms with Gasteiger partial charge in [-0.05, 0) is 97.7 Å². The van der Waals surface area contributed by atoms with Crippen LogP contribution in [0.4, 0.5) is 0 Å². The molecule has 3 fully saturated rings. The second-order valence-corrected chi connectivity index (χ2v) is 17.0. The third-order valence-corrected chi connectivity index (χ3v) is 12.6. The Kier molecular flexibility index (Phi) is 9.38. The summed E-state index contributed by atoms with van der Waals surface area (Å²) in [5.74, 6) is 4.96. The molecule has 5 nitrogen and oxygen atoms in total. The van der Waals surface area contributed by atoms with Gasteiger partial charge in [0.2, 0.25) is 0 Å². The predicted molar refractivity (Wildman–Crippen MR) is 157 cm³/mol. The smallest absolute Gasteiger partial charge is 0.329 e. The SMILES string of the molecule is CC(C)CCC[C@@H](C)C1CCC2[C@@H]3CC=C4C[C@@H](OP(=O)(O)OCC[N+](C)(C)C)CC[C@]4(C)C3CC[C@@]21C. The fourth-order valence-corrected chi connectivity index (χ4v) is 10.3. The molecule has 1 N–H and O–H groups in total. The predicted octanol–water partition coefficient (Wildman–Crippen LogP) is 8.24. The van der Waals surface area contributed by atoms with Crippen molar-refractivity contribution in [3.05, 3.63) is 11.6 Å². The molecule has 38 heavy (non-hydrogen) atoms. The van der Waals surface area contributed by atoms with Crippen molar-refractivity contribution in [2.24, 2.45) is 46.3 Å². The van der Waals surface area contributed by atoms with Gasteiger partial charge in [0.15, 0.2) is 0 Å². The molecule has 0 spiro atoms. The lowest BCUT2D eigenvalue weighted by molar-refractivity contribution is -0.870. The van der Waals surface area contributed by atoms with Gasteiger partial charge in [-0.15, -0.1) is 0 Å². The molecule has 4 aliphatic carbocycles. The molecule has 0 saturated heterocycles. The molecule has 0 aromatic carbocycles. The van der Waals surface area contributed by atoms with Gasteiger partial charge in [-0.3, -0.25) is 9.05 Å². The van der Waals surface area contributed by atoms with E-state index in [2.05, 4.69) is 40.7 Å². The van der Waals surface area contributed by atoms with Crippen molar-refractivity contribution >= 4 is 7.82 Å². The number of hydrogen-bond acceptors (Lipinski definition) is 3. The van der Waals surface area contributed by atoms with Gasteiger partial charge in [0.25, 0.3) is 0 Å². The second-order valence-electron chi connectivity index (χ2n) is 15.6. The molecule has 4 rings (SSSR count). The minimum Gasteiger partial charge on any atom is -0.329 e. The van der Waals surface area contributed by atoms with Gasteiger partial charge in [-0.2, -0.15) is 0 Å². The number of nitrogens with zero attached hydrogens (tertiary/aromatic N) is 1. The first-order chi connectivity index (χ1) is 17.6. The monoisotopic (exact) mass is 552 g/mol. The van der Waals surface area contributed by atoms with Crippen molar-refractivity contribution in [1.29, 1.82) is 0 Å². The molecule has 6 heteroatoms. The lowest BCUT2D eigenvalue weighted by atomic mass is 9.47. The van der Waals surface area contributed by atoms with Crippen LogP contribution in [0.15, 0.2) is 11.6 Å². The highest BCUT2D eigenvalue weighted by atomic mass is 31.2. The van der Waals surface area contributed by atoms with Crippen LogP contribution < -0.4 is 0 Å². The molecule has 4 unspecified atom stereocenters. The van der Waals surface area contributed by atoms with Crippen molar-refractivity contribution in [1.82, 2.24) is 0 Å². The van der Waals surface area contributed by atoms with Gasteiger partial charge >= 0.3 is 7.82 Å². The van der Waals surface area contributed by atoms with E-state index < -0.39 is 7.82 Å². The van der Waals surface area contributed by atoms with Crippen molar-refractivity contribution in [3.8, 4) is 0 Å². The number of allylic oxidation sites excluding steroid dienone is 1. The van der Waals surface area contributed by atoms with Crippen LogP contribution in [0, 0.1) is 46.3 Å². The lowest BCUT2D eigenvalue weighted by Gasteiger charge is -2.58. The van der Waals surface area contributed by atoms with Gasteiger partial charge in [-0.25, -0.2) is 4.57 Å². The number of hydrogen-bond donors (Lipinski definition) is 1. The number of likely N-dealkylation sites (N-methyl/N-ethyl adjacent to an activating group) is 1. The first kappa shape index (κ1) is 30.8. The highest BCUT2D eigenvalue weighted by molar-refractivity contribution is 7.47. The molecule has 0 amide bonds. The van der Waals surface area contributed by atoms with Crippen molar-refractivity contribution < 1.29 is 23.0 Å². The van der Waals surface area contributed by atoms with Crippen LogP contribution in [0.3, 0.4) is 0 Å². The van der Waals surface area contributed by atoms with Gasteiger partial charge < -0.3 is 9.38 Å². The summed E-state index contributed by atoms with van der Waals surface area (Å²) in [5.41, 5.74) is 2.21. The highest BCUT2D eigenvalue weighted by Crippen LogP contribution is 2.67. The average molecular weight is 553 g/mol. The molecule has 220 valence electrons. The Morgan fingerprint density at radius 2 is 1.79 bits per heavy atom. The first-order valence-corrected chi connectivity index (χ1v) is 17.3. The normalized spacial score (nSPS) is 39.6. The first-order valence-electron chi connectivity index (χ1n) is 15.8. The number of phosphoric acid groups is 1. The molecular formula is C32H59NO4P+. The molecule has 0 heterocycles. The minimum absolute atomic E-state index is 0.217. The molecule has 9 atom stereocenters. The van der Waals surface area contributed by atoms with E-state index in [0.29, 0.717) is 16.4 Å². The molecule has 0 aromatic rings. The van der Waals surface area contributed by atoms with Crippen molar-refractivity contribution in [2.45, 2.75) is 111 Å². The molecule has 0 radical (unpaired) electrons. The maximum atomic E-state index is 12.7. The van der Waals surface area contributed by atoms with E-state index in [1.54, 1.807) is 0 Å². The van der Waals surface area contributed by atoms with E-state index >= 15 is 0 Å². The van der Waals surface area contributed by atoms with Crippen LogP contribution in [-0.4, -0.2) is 49.8 Å². The van der Waals surface area contributed by atoms with E-state index in [0.717, 1.165) is 54.8 Å². The van der Waals surface area contributed by atoms with Crippen LogP contribution in [0.1, 0.15) is 105 Å². The van der Waals surface area contributed by atoms with Crippen LogP contribution in [0.25, 0.3) is 0 Å². The summed E-state index contributed by atoms with van der Waals surface area (Å²) in [7, 11) is 2.10. The second kappa shape index (κ2) is 11.6. The van der Waals surface area contributed by atoms with E-state index in [-0.39, 0.29) is 18.1 Å². The number of phosphoric ester groups is 1. The lowest BCUT2D eigenvalue weighted by Crippen LogP contribution is -2.51. The van der Waals surface area contributed by atoms with E-state index in [1.807, 2.05) is 21.1 Å². The zero-order chi connectivity index (χ0) is 27.9. The molecular weight excluding hydrogens is 493 g/mol. The largest absolute Gasteiger partial charge is 0.472 e. The zero-order valence-electron chi connectivity index (χ0n) is 25.9. The van der Waals surface area contributed by atoms with Gasteiger partial charge in [-0.1, -0.05) is 65.5 Å². The summed E-state index contributed by atoms with van der Waals surface area (Å²) < 4.78 is 24.4. The van der Waals surface area contributed by atoms with E-state index in [9.17, 15) is 9.46 Å². The Morgan fingerprint density at radius 3 is 2.47 bits per heavy atom. The Hall–Kier alpha value is -0.190. The van der Waals surface area contributed by atoms with Crippen LogP contribution in [0.5, 0.6) is 0 Å². The fourth-order valence-electron chi connectivity index (χ4n) is 9.39. The standard InChI is InChI=1S/C32H58NO4P/c1-23(2)10-9-11-24(3)28-14-15-29-27-13-12-25-22-26(37-38(34,35)36-21-20-33(6,7)8)16-18-31(25,4)30(27)17-19-32(28,29)5/h12,23-24,26-30H,9-11,13-22H2,1-8H3/p+1/t24-,26+,27+,28?,29?,30?,31+,32-/m1/s1. The Morgan fingerprint density at radius 1 is 1.05 bits per heavy atom. The summed E-state index contributed by atoms with van der Waals surface area (Å²) in [6.45, 7) is 13.3. The Labute approximate surface area is 234 Å². The summed E-state index contributed by atoms with van der Waals surface area (Å²) in [5, 5.41) is 0. The quantitative estimate of drug-likeness (QED) is 0.159. The summed E-state index contributed by atoms with van der Waals surface area (Å²) in [4.78, 5) is 10.4. The summed E-state index contributed by atoms with van der Waals surface area (Å²) in [6, 6.07) is 0. The summed E-state index contributed by atoms with van der Waals surface area (Å²) >= 11 is 0. The maximum absolute atomic E-state index is 12.7. The Bertz CT molecular complexity index is 896. The van der Waals surface area contributed by atoms with Crippen molar-refractivity contribution in [3.63, 3.8) is 0 Å². The average Bonchev–Trinajstić information content (AvgIpc) is 3.15. The molecule has 3 saturated carbocycles. The highest BCUT2D eigenvalue weighted by Gasteiger charge is 2.59. The maximum Gasteiger partial charge on any atom is 0.472 e. The van der Waals surface area contributed by atoms with Gasteiger partial charge in [0, 0.05) is 0 Å². The fraction of sp³-hybridized carbons (Fsp3) is 0.938. The summed E-state index contributed by atoms with van der Waals surface area (Å²) in [6.07, 6.45) is 15.9. The molecule has 4 aliphatic rings. The zero-order valence-corrected chi connectivity index (χ0v) is 26.8. The molecule has 0 aromatic heterocycles. The van der Waals surface area contributed by atoms with E-state index in [4.69, 9.17) is 9.05 Å². The number of rotatable bonds is 11. The third kappa shape index (κ3) is 6.64. The minimum atomic E-state index is -4.04. The third-order valence-electron chi connectivity index (χ3n) is 11.6. The van der Waals surface area contributed by atoms with Gasteiger partial charge in [0.1, 0.15) is 13.2 Å². The van der Waals surface area contributed by atoms with Crippen molar-refractivity contribution in [2.75, 3.05) is 34.3 Å². The van der Waals surface area contributed by atoms with Crippen LogP contribution in [-0.2, 0) is 13.6 Å². The number of quaternary nitrogens is 1. The van der Waals surface area contributed by atoms with Crippen LogP contribution in [0.2, 0.25) is 0 Å².